The molecule has 1 saturated heterocycles. The lowest BCUT2D eigenvalue weighted by Gasteiger charge is -2.25. The largest absolute Gasteiger partial charge is 0.480 e. The Hall–Kier alpha value is -2.63. The fraction of sp³-hybridized carbons (Fsp3) is 0.545. The average molecular weight is 481 g/mol. The van der Waals surface area contributed by atoms with Gasteiger partial charge in [-0.15, -0.1) is 11.8 Å². The van der Waals surface area contributed by atoms with E-state index in [4.69, 9.17) is 10.8 Å². The minimum Gasteiger partial charge on any atom is -0.480 e. The Kier molecular flexibility index (Phi) is 9.69. The summed E-state index contributed by atoms with van der Waals surface area (Å²) >= 11 is 1.29. The molecule has 0 radical (unpaired) electrons. The van der Waals surface area contributed by atoms with Crippen LogP contribution in [-0.4, -0.2) is 68.8 Å². The fourth-order valence-electron chi connectivity index (χ4n) is 3.55. The number of thioether (sulfide) groups is 1. The van der Waals surface area contributed by atoms with Gasteiger partial charge in [-0.2, -0.15) is 0 Å². The van der Waals surface area contributed by atoms with Crippen LogP contribution in [0.15, 0.2) is 30.3 Å². The number of carbonyl (C=O) groups is 4. The molecular weight excluding hydrogens is 448 g/mol. The fourth-order valence-corrected chi connectivity index (χ4v) is 5.04. The standard InChI is InChI=1S/C22H32N4O6S/c1-22(2)17(21(31)32)26-19(33-22)16(25-15(27)12-13-8-4-3-5-9-13)18(28)24-11-7-6-10-14(23)20(29)30/h3-5,8-9,14,16-17,19,26H,6-7,10-12,23H2,1-2H3,(H,24,28)(H,25,27)(H,29,30)(H,31,32). The van der Waals surface area contributed by atoms with Crippen molar-refractivity contribution in [3.63, 3.8) is 0 Å². The highest BCUT2D eigenvalue weighted by atomic mass is 32.2. The summed E-state index contributed by atoms with van der Waals surface area (Å²) in [5, 5.41) is 26.2. The number of amides is 2. The van der Waals surface area contributed by atoms with Crippen LogP contribution in [0.25, 0.3) is 0 Å². The number of benzene rings is 1. The lowest BCUT2D eigenvalue weighted by Crippen LogP contribution is -2.57. The maximum Gasteiger partial charge on any atom is 0.322 e. The molecule has 4 atom stereocenters. The highest BCUT2D eigenvalue weighted by Crippen LogP contribution is 2.39. The van der Waals surface area contributed by atoms with Crippen molar-refractivity contribution in [3.8, 4) is 0 Å². The summed E-state index contributed by atoms with van der Waals surface area (Å²) in [5.74, 6) is -2.89. The monoisotopic (exact) mass is 480 g/mol. The molecule has 1 aliphatic heterocycles. The van der Waals surface area contributed by atoms with Crippen LogP contribution in [0.5, 0.6) is 0 Å². The molecule has 2 rings (SSSR count). The molecular formula is C22H32N4O6S. The normalized spacial score (nSPS) is 21.1. The molecule has 11 heteroatoms. The average Bonchev–Trinajstić information content (AvgIpc) is 3.07. The molecule has 7 N–H and O–H groups in total. The maximum atomic E-state index is 13.0. The number of nitrogens with one attached hydrogen (secondary N) is 3. The van der Waals surface area contributed by atoms with Gasteiger partial charge in [-0.1, -0.05) is 30.3 Å². The Morgan fingerprint density at radius 3 is 2.39 bits per heavy atom. The van der Waals surface area contributed by atoms with Gasteiger partial charge in [0.25, 0.3) is 0 Å². The number of nitrogens with two attached hydrogens (primary N) is 1. The van der Waals surface area contributed by atoms with Crippen LogP contribution in [0.2, 0.25) is 0 Å². The number of aliphatic carboxylic acids is 2. The van der Waals surface area contributed by atoms with Gasteiger partial charge in [-0.3, -0.25) is 24.5 Å². The molecule has 1 heterocycles. The summed E-state index contributed by atoms with van der Waals surface area (Å²) < 4.78 is -0.688. The molecule has 10 nitrogen and oxygen atoms in total. The molecule has 1 aliphatic rings. The zero-order valence-electron chi connectivity index (χ0n) is 18.7. The van der Waals surface area contributed by atoms with Crippen molar-refractivity contribution in [3.05, 3.63) is 35.9 Å². The third-order valence-corrected chi connectivity index (χ3v) is 6.88. The van der Waals surface area contributed by atoms with E-state index in [9.17, 15) is 24.3 Å². The number of rotatable bonds is 12. The SMILES string of the molecule is CC1(C)SC(C(NC(=O)Cc2ccccc2)C(=O)NCCCCC(N)C(=O)O)NC1C(=O)O. The minimum absolute atomic E-state index is 0.0842. The number of hydrogen-bond donors (Lipinski definition) is 6. The van der Waals surface area contributed by atoms with Gasteiger partial charge in [-0.25, -0.2) is 0 Å². The first kappa shape index (κ1) is 26.6. The van der Waals surface area contributed by atoms with Gasteiger partial charge in [0.05, 0.1) is 11.8 Å². The quantitative estimate of drug-likeness (QED) is 0.230. The van der Waals surface area contributed by atoms with E-state index in [2.05, 4.69) is 16.0 Å². The van der Waals surface area contributed by atoms with E-state index in [1.54, 1.807) is 13.8 Å². The van der Waals surface area contributed by atoms with Crippen molar-refractivity contribution >= 4 is 35.5 Å². The molecule has 33 heavy (non-hydrogen) atoms. The Bertz CT molecular complexity index is 851. The van der Waals surface area contributed by atoms with Crippen molar-refractivity contribution in [1.29, 1.82) is 0 Å². The Balaban J connectivity index is 2.02. The molecule has 1 aromatic carbocycles. The van der Waals surface area contributed by atoms with Crippen molar-refractivity contribution < 1.29 is 29.4 Å². The summed E-state index contributed by atoms with van der Waals surface area (Å²) in [7, 11) is 0. The molecule has 4 unspecified atom stereocenters. The number of carboxylic acid groups (broad SMARTS) is 2. The molecule has 0 aromatic heterocycles. The lowest BCUT2D eigenvalue weighted by atomic mass is 10.0. The van der Waals surface area contributed by atoms with Crippen LogP contribution in [0.1, 0.15) is 38.7 Å². The second-order valence-electron chi connectivity index (χ2n) is 8.52. The van der Waals surface area contributed by atoms with Crippen LogP contribution in [-0.2, 0) is 25.6 Å². The van der Waals surface area contributed by atoms with Crippen molar-refractivity contribution in [2.75, 3.05) is 6.54 Å². The first-order valence-corrected chi connectivity index (χ1v) is 11.7. The van der Waals surface area contributed by atoms with Crippen LogP contribution in [0.4, 0.5) is 0 Å². The van der Waals surface area contributed by atoms with Gasteiger partial charge >= 0.3 is 11.9 Å². The van der Waals surface area contributed by atoms with Crippen LogP contribution >= 0.6 is 11.8 Å². The third-order valence-electron chi connectivity index (χ3n) is 5.37. The summed E-state index contributed by atoms with van der Waals surface area (Å²) in [5.41, 5.74) is 6.27. The van der Waals surface area contributed by atoms with Gasteiger partial charge in [0.2, 0.25) is 11.8 Å². The van der Waals surface area contributed by atoms with Gasteiger partial charge in [0.1, 0.15) is 18.1 Å². The zero-order chi connectivity index (χ0) is 24.6. The second-order valence-corrected chi connectivity index (χ2v) is 10.3. The second kappa shape index (κ2) is 12.0. The Morgan fingerprint density at radius 1 is 1.15 bits per heavy atom. The summed E-state index contributed by atoms with van der Waals surface area (Å²) in [6.07, 6.45) is 1.41. The van der Waals surface area contributed by atoms with Crippen LogP contribution in [0, 0.1) is 0 Å². The van der Waals surface area contributed by atoms with E-state index in [1.807, 2.05) is 30.3 Å². The van der Waals surface area contributed by atoms with Crippen molar-refractivity contribution in [2.24, 2.45) is 5.73 Å². The van der Waals surface area contributed by atoms with Crippen molar-refractivity contribution in [1.82, 2.24) is 16.0 Å². The van der Waals surface area contributed by atoms with E-state index >= 15 is 0 Å². The molecule has 0 saturated carbocycles. The first-order valence-electron chi connectivity index (χ1n) is 10.8. The van der Waals surface area contributed by atoms with Crippen LogP contribution in [0.3, 0.4) is 0 Å². The summed E-state index contributed by atoms with van der Waals surface area (Å²) in [6.45, 7) is 3.82. The van der Waals surface area contributed by atoms with E-state index < -0.39 is 46.1 Å². The molecule has 0 bridgehead atoms. The van der Waals surface area contributed by atoms with Gasteiger partial charge in [0, 0.05) is 11.3 Å². The van der Waals surface area contributed by atoms with Gasteiger partial charge in [-0.05, 0) is 38.7 Å². The topological polar surface area (TPSA) is 171 Å². The molecule has 2 amide bonds. The first-order chi connectivity index (χ1) is 15.5. The molecule has 0 spiro atoms. The van der Waals surface area contributed by atoms with Crippen LogP contribution < -0.4 is 21.7 Å². The minimum atomic E-state index is -1.07. The number of carboxylic acids is 2. The Morgan fingerprint density at radius 2 is 1.82 bits per heavy atom. The smallest absolute Gasteiger partial charge is 0.322 e. The van der Waals surface area contributed by atoms with E-state index in [1.165, 1.54) is 11.8 Å². The maximum absolute atomic E-state index is 13.0. The van der Waals surface area contributed by atoms with Gasteiger partial charge < -0.3 is 26.6 Å². The predicted molar refractivity (Wildman–Crippen MR) is 125 cm³/mol. The zero-order valence-corrected chi connectivity index (χ0v) is 19.6. The highest BCUT2D eigenvalue weighted by molar-refractivity contribution is 8.01. The lowest BCUT2D eigenvalue weighted by molar-refractivity contribution is -0.140. The third kappa shape index (κ3) is 8.02. The Labute approximate surface area is 197 Å². The highest BCUT2D eigenvalue weighted by Gasteiger charge is 2.49. The van der Waals surface area contributed by atoms with E-state index in [0.717, 1.165) is 5.56 Å². The molecule has 1 fully saturated rings. The summed E-state index contributed by atoms with van der Waals surface area (Å²) in [6, 6.07) is 6.27. The number of unbranched alkanes of at least 4 members (excludes halogenated alkanes) is 1. The molecule has 182 valence electrons. The van der Waals surface area contributed by atoms with E-state index in [-0.39, 0.29) is 25.3 Å². The molecule has 1 aromatic rings. The molecule has 0 aliphatic carbocycles. The van der Waals surface area contributed by atoms with E-state index in [0.29, 0.717) is 12.8 Å². The number of carbonyl (C=O) groups excluding carboxylic acids is 2. The van der Waals surface area contributed by atoms with Gasteiger partial charge in [0.15, 0.2) is 0 Å². The summed E-state index contributed by atoms with van der Waals surface area (Å²) in [4.78, 5) is 48.1. The van der Waals surface area contributed by atoms with Crippen molar-refractivity contribution in [2.45, 2.75) is 67.8 Å². The predicted octanol–water partition coefficient (Wildman–Crippen LogP) is 0.307. The number of hydrogen-bond acceptors (Lipinski definition) is 7.